The molecule has 0 spiro atoms. The van der Waals surface area contributed by atoms with E-state index in [4.69, 9.17) is 0 Å². The summed E-state index contributed by atoms with van der Waals surface area (Å²) >= 11 is 0. The van der Waals surface area contributed by atoms with Crippen LogP contribution in [0.15, 0.2) is 42.5 Å². The topological polar surface area (TPSA) is 3.88 Å². The predicted molar refractivity (Wildman–Crippen MR) is 66.6 cm³/mol. The van der Waals surface area contributed by atoms with Crippen molar-refractivity contribution in [1.82, 2.24) is 0 Å². The van der Waals surface area contributed by atoms with Gasteiger partial charge in [0.15, 0.2) is 11.4 Å². The first-order valence-electron chi connectivity index (χ1n) is 5.86. The Morgan fingerprint density at radius 1 is 0.833 bits per heavy atom. The molecular formula is C15H16F2N+. The zero-order chi connectivity index (χ0) is 13.3. The van der Waals surface area contributed by atoms with Crippen LogP contribution in [0.2, 0.25) is 0 Å². The Hall–Kier alpha value is -1.77. The predicted octanol–water partition coefficient (Wildman–Crippen LogP) is 3.50. The Labute approximate surface area is 106 Å². The van der Waals surface area contributed by atoms with Crippen LogP contribution in [-0.2, 0) is 6.05 Å². The van der Waals surface area contributed by atoms with Gasteiger partial charge in [0.2, 0.25) is 0 Å². The molecule has 0 aliphatic rings. The van der Waals surface area contributed by atoms with E-state index in [9.17, 15) is 8.78 Å². The first kappa shape index (κ1) is 12.7. The van der Waals surface area contributed by atoms with E-state index in [-0.39, 0.29) is 5.56 Å². The van der Waals surface area contributed by atoms with E-state index in [2.05, 4.69) is 0 Å². The summed E-state index contributed by atoms with van der Waals surface area (Å²) in [6, 6.07) is 8.51. The minimum atomic E-state index is -3.02. The fourth-order valence-corrected chi connectivity index (χ4v) is 2.08. The van der Waals surface area contributed by atoms with Gasteiger partial charge in [0, 0.05) is 26.0 Å². The lowest BCUT2D eigenvalue weighted by Gasteiger charge is -2.14. The molecular weight excluding hydrogens is 232 g/mol. The smallest absolute Gasteiger partial charge is 0.134 e. The summed E-state index contributed by atoms with van der Waals surface area (Å²) in [6.07, 6.45) is 0. The number of halogens is 2. The average molecular weight is 248 g/mol. The standard InChI is InChI=1S/C15H16F2N/c1-11-7-9-14(10-8-11)15(16,17)18-12(2)5-4-6-13(18)3/h4-10H,1-3H3/q+1. The summed E-state index contributed by atoms with van der Waals surface area (Å²) in [5, 5.41) is 0. The van der Waals surface area contributed by atoms with E-state index in [1.54, 1.807) is 44.2 Å². The molecule has 0 aliphatic carbocycles. The molecule has 0 fully saturated rings. The molecule has 0 unspecified atom stereocenters. The molecule has 1 nitrogen and oxygen atoms in total. The van der Waals surface area contributed by atoms with Crippen LogP contribution < -0.4 is 4.57 Å². The minimum Gasteiger partial charge on any atom is -0.134 e. The summed E-state index contributed by atoms with van der Waals surface area (Å²) < 4.78 is 30.1. The molecule has 0 aliphatic heterocycles. The number of pyridine rings is 1. The summed E-state index contributed by atoms with van der Waals surface area (Å²) in [5.74, 6) is 0. The molecule has 0 bridgehead atoms. The van der Waals surface area contributed by atoms with Crippen LogP contribution in [0.25, 0.3) is 0 Å². The fourth-order valence-electron chi connectivity index (χ4n) is 2.08. The summed E-state index contributed by atoms with van der Waals surface area (Å²) in [6.45, 7) is 5.26. The van der Waals surface area contributed by atoms with Gasteiger partial charge in [-0.15, -0.1) is 13.3 Å². The van der Waals surface area contributed by atoms with Crippen LogP contribution >= 0.6 is 0 Å². The highest BCUT2D eigenvalue weighted by Gasteiger charge is 2.45. The maximum Gasteiger partial charge on any atom is 0.490 e. The monoisotopic (exact) mass is 248 g/mol. The third-order valence-corrected chi connectivity index (χ3v) is 3.06. The van der Waals surface area contributed by atoms with Gasteiger partial charge in [0.05, 0.1) is 5.56 Å². The Balaban J connectivity index is 2.57. The van der Waals surface area contributed by atoms with Crippen LogP contribution in [0.5, 0.6) is 0 Å². The number of alkyl halides is 2. The highest BCUT2D eigenvalue weighted by atomic mass is 19.3. The molecule has 2 rings (SSSR count). The van der Waals surface area contributed by atoms with Crippen molar-refractivity contribution in [2.45, 2.75) is 26.8 Å². The number of rotatable bonds is 2. The molecule has 0 atom stereocenters. The molecule has 0 saturated heterocycles. The SMILES string of the molecule is Cc1ccc(C(F)(F)[n+]2c(C)cccc2C)cc1. The largest absolute Gasteiger partial charge is 0.490 e. The average Bonchev–Trinajstić information content (AvgIpc) is 2.29. The summed E-state index contributed by atoms with van der Waals surface area (Å²) in [7, 11) is 0. The van der Waals surface area contributed by atoms with Crippen molar-refractivity contribution in [3.8, 4) is 0 Å². The maximum absolute atomic E-state index is 14.5. The normalized spacial score (nSPS) is 11.6. The fraction of sp³-hybridized carbons (Fsp3) is 0.267. The van der Waals surface area contributed by atoms with Gasteiger partial charge in [-0.2, -0.15) is 0 Å². The van der Waals surface area contributed by atoms with Gasteiger partial charge in [-0.3, -0.25) is 0 Å². The highest BCUT2D eigenvalue weighted by Crippen LogP contribution is 2.25. The first-order valence-corrected chi connectivity index (χ1v) is 5.86. The third-order valence-electron chi connectivity index (χ3n) is 3.06. The third kappa shape index (κ3) is 2.13. The number of hydrogen-bond donors (Lipinski definition) is 0. The molecule has 18 heavy (non-hydrogen) atoms. The van der Waals surface area contributed by atoms with E-state index in [1.165, 1.54) is 12.1 Å². The summed E-state index contributed by atoms with van der Waals surface area (Å²) in [5.41, 5.74) is 2.07. The highest BCUT2D eigenvalue weighted by molar-refractivity contribution is 5.23. The van der Waals surface area contributed by atoms with Gasteiger partial charge in [0.1, 0.15) is 0 Å². The molecule has 0 amide bonds. The number of benzene rings is 1. The minimum absolute atomic E-state index is 0.00972. The Morgan fingerprint density at radius 3 is 1.83 bits per heavy atom. The van der Waals surface area contributed by atoms with Gasteiger partial charge in [0.25, 0.3) is 0 Å². The van der Waals surface area contributed by atoms with Gasteiger partial charge in [-0.1, -0.05) is 17.7 Å². The molecule has 2 aromatic rings. The second-order valence-corrected chi connectivity index (χ2v) is 4.55. The maximum atomic E-state index is 14.5. The summed E-state index contributed by atoms with van der Waals surface area (Å²) in [4.78, 5) is 0. The molecule has 0 saturated carbocycles. The molecule has 0 radical (unpaired) electrons. The molecule has 94 valence electrons. The number of aromatic nitrogens is 1. The van der Waals surface area contributed by atoms with Gasteiger partial charge < -0.3 is 0 Å². The number of aryl methyl sites for hydroxylation is 3. The zero-order valence-corrected chi connectivity index (χ0v) is 10.7. The van der Waals surface area contributed by atoms with Crippen LogP contribution in [0, 0.1) is 20.8 Å². The lowest BCUT2D eigenvalue weighted by molar-refractivity contribution is -0.819. The van der Waals surface area contributed by atoms with E-state index < -0.39 is 6.05 Å². The molecule has 1 heterocycles. The lowest BCUT2D eigenvalue weighted by Crippen LogP contribution is -2.55. The van der Waals surface area contributed by atoms with Gasteiger partial charge >= 0.3 is 6.05 Å². The van der Waals surface area contributed by atoms with Crippen molar-refractivity contribution >= 4 is 0 Å². The van der Waals surface area contributed by atoms with Gasteiger partial charge in [-0.25, -0.2) is 0 Å². The Bertz CT molecular complexity index is 539. The van der Waals surface area contributed by atoms with Crippen LogP contribution in [0.3, 0.4) is 0 Å². The lowest BCUT2D eigenvalue weighted by atomic mass is 10.1. The van der Waals surface area contributed by atoms with E-state index in [1.807, 2.05) is 6.92 Å². The van der Waals surface area contributed by atoms with Crippen molar-refractivity contribution in [3.05, 3.63) is 65.0 Å². The second kappa shape index (κ2) is 4.48. The van der Waals surface area contributed by atoms with Crippen LogP contribution in [-0.4, -0.2) is 0 Å². The molecule has 0 N–H and O–H groups in total. The van der Waals surface area contributed by atoms with E-state index >= 15 is 0 Å². The van der Waals surface area contributed by atoms with Crippen molar-refractivity contribution in [2.75, 3.05) is 0 Å². The van der Waals surface area contributed by atoms with Crippen molar-refractivity contribution < 1.29 is 13.3 Å². The molecule has 1 aromatic carbocycles. The number of hydrogen-bond acceptors (Lipinski definition) is 0. The van der Waals surface area contributed by atoms with Gasteiger partial charge in [-0.05, 0) is 25.1 Å². The molecule has 1 aromatic heterocycles. The zero-order valence-electron chi connectivity index (χ0n) is 10.7. The van der Waals surface area contributed by atoms with Crippen molar-refractivity contribution in [3.63, 3.8) is 0 Å². The van der Waals surface area contributed by atoms with E-state index in [0.717, 1.165) is 10.1 Å². The van der Waals surface area contributed by atoms with Crippen molar-refractivity contribution in [2.24, 2.45) is 0 Å². The molecule has 3 heteroatoms. The second-order valence-electron chi connectivity index (χ2n) is 4.55. The van der Waals surface area contributed by atoms with E-state index in [0.29, 0.717) is 11.4 Å². The Morgan fingerprint density at radius 2 is 1.33 bits per heavy atom. The number of nitrogens with zero attached hydrogens (tertiary/aromatic N) is 1. The first-order chi connectivity index (χ1) is 8.43. The van der Waals surface area contributed by atoms with Crippen molar-refractivity contribution in [1.29, 1.82) is 0 Å². The van der Waals surface area contributed by atoms with Crippen LogP contribution in [0.1, 0.15) is 22.5 Å². The Kier molecular flexibility index (Phi) is 3.16. The quantitative estimate of drug-likeness (QED) is 0.716. The van der Waals surface area contributed by atoms with Crippen LogP contribution in [0.4, 0.5) is 8.78 Å².